The molecule has 0 aromatic carbocycles. The quantitative estimate of drug-likeness (QED) is 0.392. The van der Waals surface area contributed by atoms with Crippen molar-refractivity contribution >= 4 is 19.6 Å². The van der Waals surface area contributed by atoms with Gasteiger partial charge in [-0.2, -0.15) is 0 Å². The summed E-state index contributed by atoms with van der Waals surface area (Å²) < 4.78 is 30.5. The van der Waals surface area contributed by atoms with E-state index in [1.165, 1.54) is 0 Å². The van der Waals surface area contributed by atoms with Gasteiger partial charge in [0.1, 0.15) is 0 Å². The molecule has 0 atom stereocenters. The molecule has 0 aliphatic carbocycles. The van der Waals surface area contributed by atoms with E-state index in [1.807, 2.05) is 20.8 Å². The van der Waals surface area contributed by atoms with Gasteiger partial charge in [0.05, 0.1) is 19.6 Å². The van der Waals surface area contributed by atoms with E-state index in [9.17, 15) is 13.0 Å². The second kappa shape index (κ2) is 5.77. The molecular formula is C6H13NaO3SSi. The molecule has 0 aliphatic rings. The molecule has 0 aromatic heterocycles. The molecule has 0 bridgehead atoms. The molecule has 3 nitrogen and oxygen atoms in total. The van der Waals surface area contributed by atoms with E-state index in [0.717, 1.165) is 6.04 Å². The summed E-state index contributed by atoms with van der Waals surface area (Å²) in [5.41, 5.74) is 0.128. The number of hydrogen-bond acceptors (Lipinski definition) is 3. The van der Waals surface area contributed by atoms with Crippen LogP contribution in [0.5, 0.6) is 0 Å². The third kappa shape index (κ3) is 13.7. The maximum absolute atomic E-state index is 10.2. The topological polar surface area (TPSA) is 57.2 Å². The van der Waals surface area contributed by atoms with Crippen LogP contribution in [-0.2, 0) is 10.1 Å². The maximum Gasteiger partial charge on any atom is 1.00 e. The zero-order valence-electron chi connectivity index (χ0n) is 8.05. The molecule has 2 radical (unpaired) electrons. The molecule has 0 heterocycles. The molecule has 6 heteroatoms. The van der Waals surface area contributed by atoms with Crippen LogP contribution in [-0.4, -0.2) is 27.9 Å². The van der Waals surface area contributed by atoms with Crippen molar-refractivity contribution in [3.63, 3.8) is 0 Å². The minimum atomic E-state index is -3.98. The standard InChI is InChI=1S/C6H14O3SSi.Na/c1-6(2,3)4-11-5-10(7,8)9;/h4-5H2,1-3H3,(H,7,8,9);/q;+1/p-1. The van der Waals surface area contributed by atoms with Crippen molar-refractivity contribution in [1.29, 1.82) is 0 Å². The van der Waals surface area contributed by atoms with Crippen LogP contribution in [0, 0.1) is 5.41 Å². The fourth-order valence-corrected chi connectivity index (χ4v) is 2.71. The minimum absolute atomic E-state index is 0. The Hall–Kier alpha value is 1.13. The largest absolute Gasteiger partial charge is 1.00 e. The van der Waals surface area contributed by atoms with Crippen LogP contribution in [0.1, 0.15) is 20.8 Å². The first kappa shape index (κ1) is 15.6. The third-order valence-electron chi connectivity index (χ3n) is 0.934. The van der Waals surface area contributed by atoms with Crippen molar-refractivity contribution in [3.8, 4) is 0 Å². The van der Waals surface area contributed by atoms with Gasteiger partial charge in [0.2, 0.25) is 0 Å². The summed E-state index contributed by atoms with van der Waals surface area (Å²) in [6.07, 6.45) is 0. The maximum atomic E-state index is 10.2. The second-order valence-electron chi connectivity index (χ2n) is 3.69. The van der Waals surface area contributed by atoms with E-state index in [4.69, 9.17) is 0 Å². The van der Waals surface area contributed by atoms with Crippen molar-refractivity contribution in [2.75, 3.05) is 5.38 Å². The average Bonchev–Trinajstić information content (AvgIpc) is 1.55. The van der Waals surface area contributed by atoms with Crippen LogP contribution < -0.4 is 29.6 Å². The Morgan fingerprint density at radius 3 is 2.00 bits per heavy atom. The summed E-state index contributed by atoms with van der Waals surface area (Å²) in [5, 5.41) is -0.204. The van der Waals surface area contributed by atoms with Crippen LogP contribution in [0.15, 0.2) is 0 Å². The van der Waals surface area contributed by atoms with E-state index in [2.05, 4.69) is 0 Å². The molecule has 0 aromatic rings. The van der Waals surface area contributed by atoms with Crippen molar-refractivity contribution in [2.45, 2.75) is 26.8 Å². The summed E-state index contributed by atoms with van der Waals surface area (Å²) in [4.78, 5) is 0. The molecule has 0 rings (SSSR count). The third-order valence-corrected chi connectivity index (χ3v) is 4.48. The Morgan fingerprint density at radius 2 is 1.75 bits per heavy atom. The van der Waals surface area contributed by atoms with Gasteiger partial charge in [0, 0.05) is 5.38 Å². The monoisotopic (exact) mass is 216 g/mol. The fourth-order valence-electron chi connectivity index (χ4n) is 0.551. The average molecular weight is 216 g/mol. The van der Waals surface area contributed by atoms with E-state index < -0.39 is 10.1 Å². The van der Waals surface area contributed by atoms with Crippen molar-refractivity contribution < 1.29 is 42.5 Å². The first-order chi connectivity index (χ1) is 4.71. The van der Waals surface area contributed by atoms with Crippen LogP contribution in [0.2, 0.25) is 6.04 Å². The van der Waals surface area contributed by atoms with E-state index in [0.29, 0.717) is 0 Å². The molecular weight excluding hydrogens is 203 g/mol. The molecule has 0 saturated heterocycles. The van der Waals surface area contributed by atoms with Crippen molar-refractivity contribution in [1.82, 2.24) is 0 Å². The summed E-state index contributed by atoms with van der Waals surface area (Å²) in [7, 11) is -3.75. The summed E-state index contributed by atoms with van der Waals surface area (Å²) in [6, 6.07) is 0.800. The Kier molecular flexibility index (Phi) is 7.50. The molecule has 0 saturated carbocycles. The molecule has 0 amide bonds. The predicted octanol–water partition coefficient (Wildman–Crippen LogP) is -2.34. The van der Waals surface area contributed by atoms with E-state index in [-0.39, 0.29) is 49.9 Å². The summed E-state index contributed by atoms with van der Waals surface area (Å²) in [6.45, 7) is 6.08. The minimum Gasteiger partial charge on any atom is -0.748 e. The fraction of sp³-hybridized carbons (Fsp3) is 1.00. The summed E-state index contributed by atoms with van der Waals surface area (Å²) in [5.74, 6) is 0. The van der Waals surface area contributed by atoms with Crippen LogP contribution in [0.3, 0.4) is 0 Å². The summed E-state index contributed by atoms with van der Waals surface area (Å²) >= 11 is 0. The van der Waals surface area contributed by atoms with E-state index >= 15 is 0 Å². The van der Waals surface area contributed by atoms with Crippen LogP contribution in [0.4, 0.5) is 0 Å². The molecule has 0 unspecified atom stereocenters. The van der Waals surface area contributed by atoms with E-state index in [1.54, 1.807) is 0 Å². The Labute approximate surface area is 99.2 Å². The smallest absolute Gasteiger partial charge is 0.748 e. The number of rotatable bonds is 3. The van der Waals surface area contributed by atoms with Gasteiger partial charge in [-0.15, -0.1) is 0 Å². The van der Waals surface area contributed by atoms with Gasteiger partial charge in [-0.25, -0.2) is 8.42 Å². The normalized spacial score (nSPS) is 12.3. The Balaban J connectivity index is 0. The number of hydrogen-bond donors (Lipinski definition) is 0. The van der Waals surface area contributed by atoms with Gasteiger partial charge in [0.15, 0.2) is 0 Å². The Bertz CT molecular complexity index is 207. The molecule has 0 fully saturated rings. The molecule has 66 valence electrons. The van der Waals surface area contributed by atoms with Crippen molar-refractivity contribution in [2.24, 2.45) is 5.41 Å². The van der Waals surface area contributed by atoms with Gasteiger partial charge in [0.25, 0.3) is 0 Å². The van der Waals surface area contributed by atoms with Crippen molar-refractivity contribution in [3.05, 3.63) is 0 Å². The van der Waals surface area contributed by atoms with Crippen LogP contribution >= 0.6 is 0 Å². The molecule has 0 N–H and O–H groups in total. The SMILES string of the molecule is CC(C)(C)C[Si]CS(=O)(=O)[O-].[Na+]. The zero-order valence-corrected chi connectivity index (χ0v) is 11.9. The predicted molar refractivity (Wildman–Crippen MR) is 44.6 cm³/mol. The van der Waals surface area contributed by atoms with Gasteiger partial charge in [-0.05, 0) is 5.41 Å². The van der Waals surface area contributed by atoms with Gasteiger partial charge in [-0.3, -0.25) is 0 Å². The first-order valence-electron chi connectivity index (χ1n) is 3.35. The van der Waals surface area contributed by atoms with Crippen LogP contribution in [0.25, 0.3) is 0 Å². The Morgan fingerprint density at radius 1 is 1.33 bits per heavy atom. The van der Waals surface area contributed by atoms with Gasteiger partial charge < -0.3 is 4.55 Å². The molecule has 0 spiro atoms. The molecule has 12 heavy (non-hydrogen) atoms. The zero-order chi connectivity index (χ0) is 9.12. The van der Waals surface area contributed by atoms with Gasteiger partial charge >= 0.3 is 29.6 Å². The second-order valence-corrected chi connectivity index (χ2v) is 6.81. The first-order valence-corrected chi connectivity index (χ1v) is 6.34. The van der Waals surface area contributed by atoms with Gasteiger partial charge in [-0.1, -0.05) is 26.8 Å². The molecule has 0 aliphatic heterocycles.